The van der Waals surface area contributed by atoms with E-state index >= 15 is 0 Å². The summed E-state index contributed by atoms with van der Waals surface area (Å²) in [5.41, 5.74) is 1.20. The van der Waals surface area contributed by atoms with Crippen LogP contribution in [-0.4, -0.2) is 65.1 Å². The molecular formula is C18H25N3O5. The van der Waals surface area contributed by atoms with E-state index in [9.17, 15) is 14.4 Å². The van der Waals surface area contributed by atoms with E-state index in [0.717, 1.165) is 38.2 Å². The minimum absolute atomic E-state index is 0.214. The fourth-order valence-corrected chi connectivity index (χ4v) is 2.47. The summed E-state index contributed by atoms with van der Waals surface area (Å²) in [5, 5.41) is 15.6. The van der Waals surface area contributed by atoms with Gasteiger partial charge in [-0.3, -0.25) is 9.69 Å². The van der Waals surface area contributed by atoms with Crippen LogP contribution >= 0.6 is 0 Å². The third-order valence-corrected chi connectivity index (χ3v) is 3.62. The average molecular weight is 363 g/mol. The van der Waals surface area contributed by atoms with E-state index in [-0.39, 0.29) is 5.91 Å². The number of aryl methyl sites for hydroxylation is 1. The van der Waals surface area contributed by atoms with Crippen molar-refractivity contribution in [2.75, 3.05) is 32.1 Å². The van der Waals surface area contributed by atoms with Crippen LogP contribution in [0.1, 0.15) is 24.8 Å². The molecule has 1 aromatic rings. The number of hydrogen-bond acceptors (Lipinski definition) is 5. The molecule has 8 nitrogen and oxygen atoms in total. The van der Waals surface area contributed by atoms with Gasteiger partial charge < -0.3 is 15.1 Å². The molecule has 0 fully saturated rings. The molecule has 2 heterocycles. The molecule has 1 aliphatic heterocycles. The zero-order chi connectivity index (χ0) is 19.5. The fraction of sp³-hybridized carbons (Fsp3) is 0.444. The third kappa shape index (κ3) is 7.89. The number of rotatable bonds is 6. The van der Waals surface area contributed by atoms with E-state index in [0.29, 0.717) is 18.6 Å². The number of aromatic nitrogens is 1. The zero-order valence-electron chi connectivity index (χ0n) is 15.1. The molecule has 0 saturated carbocycles. The summed E-state index contributed by atoms with van der Waals surface area (Å²) < 4.78 is 0. The van der Waals surface area contributed by atoms with E-state index in [1.807, 2.05) is 11.0 Å². The second-order valence-corrected chi connectivity index (χ2v) is 6.05. The van der Waals surface area contributed by atoms with Gasteiger partial charge in [-0.05, 0) is 51.5 Å². The summed E-state index contributed by atoms with van der Waals surface area (Å²) in [6, 6.07) is 4.03. The Labute approximate surface area is 152 Å². The Bertz CT molecular complexity index is 642. The predicted octanol–water partition coefficient (Wildman–Crippen LogP) is 1.41. The zero-order valence-corrected chi connectivity index (χ0v) is 15.1. The largest absolute Gasteiger partial charge is 0.478 e. The third-order valence-electron chi connectivity index (χ3n) is 3.62. The molecule has 142 valence electrons. The number of nitrogens with zero attached hydrogens (tertiary/aromatic N) is 3. The number of carboxylic acid groups (broad SMARTS) is 2. The quantitative estimate of drug-likeness (QED) is 0.735. The fourth-order valence-electron chi connectivity index (χ4n) is 2.47. The maximum absolute atomic E-state index is 12.1. The van der Waals surface area contributed by atoms with Crippen molar-refractivity contribution in [1.29, 1.82) is 0 Å². The molecule has 0 radical (unpaired) electrons. The van der Waals surface area contributed by atoms with Crippen LogP contribution < -0.4 is 4.90 Å². The number of amides is 1. The Morgan fingerprint density at radius 2 is 1.88 bits per heavy atom. The first-order valence-electron chi connectivity index (χ1n) is 8.34. The number of anilines is 1. The lowest BCUT2D eigenvalue weighted by Gasteiger charge is -2.22. The molecule has 1 amide bonds. The Morgan fingerprint density at radius 1 is 1.23 bits per heavy atom. The monoisotopic (exact) mass is 363 g/mol. The summed E-state index contributed by atoms with van der Waals surface area (Å²) in [6.45, 7) is 1.76. The number of aliphatic carboxylic acids is 2. The van der Waals surface area contributed by atoms with Crippen LogP contribution in [0, 0.1) is 0 Å². The van der Waals surface area contributed by atoms with Crippen molar-refractivity contribution in [2.45, 2.75) is 25.7 Å². The van der Waals surface area contributed by atoms with Gasteiger partial charge in [0.05, 0.1) is 0 Å². The molecule has 1 aliphatic rings. The van der Waals surface area contributed by atoms with Gasteiger partial charge in [-0.1, -0.05) is 6.07 Å². The van der Waals surface area contributed by atoms with Gasteiger partial charge in [-0.25, -0.2) is 14.6 Å². The van der Waals surface area contributed by atoms with Crippen LogP contribution in [0.4, 0.5) is 5.82 Å². The van der Waals surface area contributed by atoms with Crippen molar-refractivity contribution < 1.29 is 24.6 Å². The van der Waals surface area contributed by atoms with Crippen LogP contribution in [0.5, 0.6) is 0 Å². The molecule has 1 aromatic heterocycles. The molecule has 0 bridgehead atoms. The average Bonchev–Trinajstić information content (AvgIpc) is 2.73. The van der Waals surface area contributed by atoms with Crippen molar-refractivity contribution in [1.82, 2.24) is 9.88 Å². The van der Waals surface area contributed by atoms with Gasteiger partial charge in [0, 0.05) is 31.3 Å². The van der Waals surface area contributed by atoms with Gasteiger partial charge in [0.1, 0.15) is 5.82 Å². The summed E-state index contributed by atoms with van der Waals surface area (Å²) in [7, 11) is 4.10. The molecule has 2 N–H and O–H groups in total. The van der Waals surface area contributed by atoms with Gasteiger partial charge in [-0.2, -0.15) is 0 Å². The van der Waals surface area contributed by atoms with Crippen LogP contribution in [-0.2, 0) is 20.8 Å². The second-order valence-electron chi connectivity index (χ2n) is 6.05. The topological polar surface area (TPSA) is 111 Å². The van der Waals surface area contributed by atoms with E-state index in [4.69, 9.17) is 10.2 Å². The summed E-state index contributed by atoms with van der Waals surface area (Å²) in [6.07, 6.45) is 6.40. The normalized spacial score (nSPS) is 13.8. The number of carboxylic acids is 2. The molecule has 2 rings (SSSR count). The highest BCUT2D eigenvalue weighted by Crippen LogP contribution is 2.24. The number of hydrogen-bond donors (Lipinski definition) is 2. The Morgan fingerprint density at radius 3 is 2.46 bits per heavy atom. The molecule has 26 heavy (non-hydrogen) atoms. The molecular weight excluding hydrogens is 338 g/mol. The predicted molar refractivity (Wildman–Crippen MR) is 97.1 cm³/mol. The molecule has 8 heteroatoms. The second kappa shape index (κ2) is 11.0. The maximum Gasteiger partial charge on any atom is 0.328 e. The van der Waals surface area contributed by atoms with Crippen LogP contribution in [0.3, 0.4) is 0 Å². The van der Waals surface area contributed by atoms with E-state index in [1.54, 1.807) is 6.20 Å². The smallest absolute Gasteiger partial charge is 0.328 e. The Balaban J connectivity index is 0.000000359. The standard InChI is InChI=1S/C14H21N3O.C4H4O4/c1-16(2)10-5-11-17-13(18)8-3-6-12-7-4-9-15-14(12)17;5-3(6)1-2-4(7)8/h4,7,9H,3,5-6,8,10-11H2,1-2H3;1-2H,(H,5,6)(H,7,8)/b;2-1+. The van der Waals surface area contributed by atoms with E-state index in [2.05, 4.69) is 30.0 Å². The SMILES string of the molecule is CN(C)CCCN1C(=O)CCCc2cccnc21.O=C(O)/C=C/C(=O)O. The van der Waals surface area contributed by atoms with Gasteiger partial charge in [-0.15, -0.1) is 0 Å². The van der Waals surface area contributed by atoms with Crippen molar-refractivity contribution >= 4 is 23.7 Å². The van der Waals surface area contributed by atoms with Gasteiger partial charge >= 0.3 is 11.9 Å². The van der Waals surface area contributed by atoms with Crippen molar-refractivity contribution in [3.8, 4) is 0 Å². The summed E-state index contributed by atoms with van der Waals surface area (Å²) in [5.74, 6) is -1.43. The highest BCUT2D eigenvalue weighted by molar-refractivity contribution is 5.93. The van der Waals surface area contributed by atoms with E-state index < -0.39 is 11.9 Å². The van der Waals surface area contributed by atoms with Gasteiger partial charge in [0.2, 0.25) is 5.91 Å². The first kappa shape index (κ1) is 21.3. The number of pyridine rings is 1. The van der Waals surface area contributed by atoms with Crippen molar-refractivity contribution in [2.24, 2.45) is 0 Å². The van der Waals surface area contributed by atoms with Crippen LogP contribution in [0.2, 0.25) is 0 Å². The van der Waals surface area contributed by atoms with E-state index in [1.165, 1.54) is 5.56 Å². The van der Waals surface area contributed by atoms with Gasteiger partial charge in [0.15, 0.2) is 0 Å². The first-order valence-corrected chi connectivity index (χ1v) is 8.34. The van der Waals surface area contributed by atoms with Crippen molar-refractivity contribution in [3.63, 3.8) is 0 Å². The lowest BCUT2D eigenvalue weighted by Crippen LogP contribution is -2.33. The molecule has 0 atom stereocenters. The lowest BCUT2D eigenvalue weighted by molar-refractivity contribution is -0.134. The number of carbonyl (C=O) groups is 3. The summed E-state index contributed by atoms with van der Waals surface area (Å²) >= 11 is 0. The maximum atomic E-state index is 12.1. The number of fused-ring (bicyclic) bond motifs is 1. The first-order chi connectivity index (χ1) is 12.3. The molecule has 0 aliphatic carbocycles. The summed E-state index contributed by atoms with van der Waals surface area (Å²) in [4.78, 5) is 39.6. The lowest BCUT2D eigenvalue weighted by atomic mass is 10.1. The Hall–Kier alpha value is -2.74. The van der Waals surface area contributed by atoms with Crippen LogP contribution in [0.15, 0.2) is 30.5 Å². The van der Waals surface area contributed by atoms with Crippen LogP contribution in [0.25, 0.3) is 0 Å². The van der Waals surface area contributed by atoms with Gasteiger partial charge in [0.25, 0.3) is 0 Å². The Kier molecular flexibility index (Phi) is 9.00. The highest BCUT2D eigenvalue weighted by atomic mass is 16.4. The number of carbonyl (C=O) groups excluding carboxylic acids is 1. The minimum Gasteiger partial charge on any atom is -0.478 e. The minimum atomic E-state index is -1.26. The molecule has 0 aromatic carbocycles. The van der Waals surface area contributed by atoms with Crippen molar-refractivity contribution in [3.05, 3.63) is 36.0 Å². The molecule has 0 unspecified atom stereocenters. The highest BCUT2D eigenvalue weighted by Gasteiger charge is 2.22. The molecule has 0 spiro atoms. The molecule has 0 saturated heterocycles.